The van der Waals surface area contributed by atoms with Gasteiger partial charge < -0.3 is 24.3 Å². The zero-order valence-electron chi connectivity index (χ0n) is 18.6. The van der Waals surface area contributed by atoms with Crippen LogP contribution in [0.25, 0.3) is 10.9 Å². The minimum Gasteiger partial charge on any atom is -0.492 e. The minimum atomic E-state index is -0.483. The van der Waals surface area contributed by atoms with Crippen LogP contribution in [0.2, 0.25) is 5.02 Å². The molecular formula is C24H26ClFN4O4. The first-order valence-corrected chi connectivity index (χ1v) is 11.7. The van der Waals surface area contributed by atoms with Crippen molar-refractivity contribution >= 4 is 34.0 Å². The third-order valence-electron chi connectivity index (χ3n) is 5.82. The van der Waals surface area contributed by atoms with Gasteiger partial charge in [-0.3, -0.25) is 4.90 Å². The molecule has 5 rings (SSSR count). The third-order valence-corrected chi connectivity index (χ3v) is 6.11. The molecule has 2 aliphatic rings. The molecule has 0 bridgehead atoms. The van der Waals surface area contributed by atoms with Gasteiger partial charge in [0.15, 0.2) is 0 Å². The Balaban J connectivity index is 1.42. The van der Waals surface area contributed by atoms with Crippen LogP contribution in [0.3, 0.4) is 0 Å². The van der Waals surface area contributed by atoms with Crippen molar-refractivity contribution in [2.24, 2.45) is 0 Å². The molecule has 2 saturated heterocycles. The molecule has 3 heterocycles. The number of benzene rings is 2. The number of rotatable bonds is 8. The Kier molecular flexibility index (Phi) is 7.24. The Labute approximate surface area is 201 Å². The fourth-order valence-corrected chi connectivity index (χ4v) is 4.19. The molecule has 8 nitrogen and oxygen atoms in total. The van der Waals surface area contributed by atoms with Crippen molar-refractivity contribution in [3.63, 3.8) is 0 Å². The highest BCUT2D eigenvalue weighted by atomic mass is 35.5. The van der Waals surface area contributed by atoms with Gasteiger partial charge in [0.25, 0.3) is 0 Å². The minimum absolute atomic E-state index is 0.0268. The molecule has 1 aromatic heterocycles. The lowest BCUT2D eigenvalue weighted by Crippen LogP contribution is -2.38. The van der Waals surface area contributed by atoms with Crippen molar-refractivity contribution in [1.29, 1.82) is 0 Å². The van der Waals surface area contributed by atoms with Crippen molar-refractivity contribution < 1.29 is 23.3 Å². The molecule has 0 radical (unpaired) electrons. The molecule has 1 N–H and O–H groups in total. The maximum Gasteiger partial charge on any atom is 0.145 e. The van der Waals surface area contributed by atoms with Gasteiger partial charge in [0, 0.05) is 43.9 Å². The zero-order chi connectivity index (χ0) is 23.3. The summed E-state index contributed by atoms with van der Waals surface area (Å²) in [5, 5.41) is 3.94. The fraction of sp³-hybridized carbons (Fsp3) is 0.417. The summed E-state index contributed by atoms with van der Waals surface area (Å²) in [6, 6.07) is 8.16. The van der Waals surface area contributed by atoms with Gasteiger partial charge in [0.05, 0.1) is 42.4 Å². The number of ether oxygens (including phenoxy) is 4. The topological polar surface area (TPSA) is 78.0 Å². The molecule has 180 valence electrons. The molecule has 2 aromatic carbocycles. The maximum atomic E-state index is 13.6. The van der Waals surface area contributed by atoms with Gasteiger partial charge in [0.2, 0.25) is 0 Å². The van der Waals surface area contributed by atoms with Crippen LogP contribution in [0.4, 0.5) is 15.9 Å². The van der Waals surface area contributed by atoms with E-state index < -0.39 is 5.82 Å². The summed E-state index contributed by atoms with van der Waals surface area (Å²) in [5.41, 5.74) is 1.27. The van der Waals surface area contributed by atoms with Crippen LogP contribution in [0.15, 0.2) is 36.7 Å². The second-order valence-electron chi connectivity index (χ2n) is 8.20. The number of hydrogen-bond donors (Lipinski definition) is 1. The van der Waals surface area contributed by atoms with Crippen LogP contribution in [0.1, 0.15) is 6.42 Å². The van der Waals surface area contributed by atoms with Crippen LogP contribution in [0, 0.1) is 5.82 Å². The van der Waals surface area contributed by atoms with E-state index in [-0.39, 0.29) is 11.1 Å². The first kappa shape index (κ1) is 23.0. The average molecular weight is 489 g/mol. The number of nitrogens with one attached hydrogen (secondary N) is 1. The first-order valence-electron chi connectivity index (χ1n) is 11.3. The molecular weight excluding hydrogens is 463 g/mol. The molecule has 2 aliphatic heterocycles. The van der Waals surface area contributed by atoms with E-state index in [1.54, 1.807) is 6.07 Å². The Morgan fingerprint density at radius 2 is 2.00 bits per heavy atom. The molecule has 10 heteroatoms. The van der Waals surface area contributed by atoms with Gasteiger partial charge >= 0.3 is 0 Å². The van der Waals surface area contributed by atoms with Crippen LogP contribution < -0.4 is 14.8 Å². The van der Waals surface area contributed by atoms with E-state index >= 15 is 0 Å². The number of hydrogen-bond acceptors (Lipinski definition) is 8. The molecule has 2 fully saturated rings. The number of anilines is 2. The highest BCUT2D eigenvalue weighted by molar-refractivity contribution is 6.31. The summed E-state index contributed by atoms with van der Waals surface area (Å²) >= 11 is 5.96. The summed E-state index contributed by atoms with van der Waals surface area (Å²) in [5.74, 6) is 1.32. The maximum absolute atomic E-state index is 13.6. The van der Waals surface area contributed by atoms with E-state index in [2.05, 4.69) is 20.2 Å². The van der Waals surface area contributed by atoms with Crippen molar-refractivity contribution in [2.45, 2.75) is 12.5 Å². The lowest BCUT2D eigenvalue weighted by Gasteiger charge is -2.26. The molecule has 0 spiro atoms. The number of aromatic nitrogens is 2. The van der Waals surface area contributed by atoms with Gasteiger partial charge in [-0.1, -0.05) is 11.6 Å². The summed E-state index contributed by atoms with van der Waals surface area (Å²) < 4.78 is 36.9. The Hall–Kier alpha value is -2.72. The SMILES string of the molecule is Fc1ccc(Nc2ncnc3cc(OCCN4CCOCC4)cc(OC4CCOC4)c23)cc1Cl. The van der Waals surface area contributed by atoms with Crippen molar-refractivity contribution in [1.82, 2.24) is 14.9 Å². The number of fused-ring (bicyclic) bond motifs is 1. The van der Waals surface area contributed by atoms with Crippen molar-refractivity contribution in [3.05, 3.63) is 47.5 Å². The molecule has 0 aliphatic carbocycles. The normalized spacial score (nSPS) is 18.8. The molecule has 1 unspecified atom stereocenters. The smallest absolute Gasteiger partial charge is 0.145 e. The molecule has 0 saturated carbocycles. The first-order chi connectivity index (χ1) is 16.7. The fourth-order valence-electron chi connectivity index (χ4n) is 4.01. The highest BCUT2D eigenvalue weighted by Gasteiger charge is 2.21. The van der Waals surface area contributed by atoms with Crippen LogP contribution in [-0.4, -0.2) is 73.6 Å². The summed E-state index contributed by atoms with van der Waals surface area (Å²) in [6.07, 6.45) is 2.20. The van der Waals surface area contributed by atoms with E-state index in [1.807, 2.05) is 12.1 Å². The van der Waals surface area contributed by atoms with Gasteiger partial charge in [-0.05, 0) is 18.2 Å². The molecule has 0 amide bonds. The van der Waals surface area contributed by atoms with Crippen LogP contribution >= 0.6 is 11.6 Å². The summed E-state index contributed by atoms with van der Waals surface area (Å²) in [6.45, 7) is 5.87. The van der Waals surface area contributed by atoms with Crippen molar-refractivity contribution in [3.8, 4) is 11.5 Å². The van der Waals surface area contributed by atoms with Gasteiger partial charge in [0.1, 0.15) is 42.2 Å². The van der Waals surface area contributed by atoms with Crippen LogP contribution in [0.5, 0.6) is 11.5 Å². The average Bonchev–Trinajstić information content (AvgIpc) is 3.35. The van der Waals surface area contributed by atoms with Gasteiger partial charge in [-0.15, -0.1) is 0 Å². The van der Waals surface area contributed by atoms with Crippen LogP contribution in [-0.2, 0) is 9.47 Å². The largest absolute Gasteiger partial charge is 0.492 e. The summed E-state index contributed by atoms with van der Waals surface area (Å²) in [4.78, 5) is 11.2. The number of nitrogens with zero attached hydrogens (tertiary/aromatic N) is 3. The predicted molar refractivity (Wildman–Crippen MR) is 127 cm³/mol. The Morgan fingerprint density at radius 3 is 2.79 bits per heavy atom. The molecule has 34 heavy (non-hydrogen) atoms. The molecule has 3 aromatic rings. The highest BCUT2D eigenvalue weighted by Crippen LogP contribution is 2.37. The lowest BCUT2D eigenvalue weighted by molar-refractivity contribution is 0.0322. The second-order valence-corrected chi connectivity index (χ2v) is 8.60. The van der Waals surface area contributed by atoms with E-state index in [1.165, 1.54) is 18.5 Å². The lowest BCUT2D eigenvalue weighted by atomic mass is 10.2. The monoisotopic (exact) mass is 488 g/mol. The van der Waals surface area contributed by atoms with Crippen molar-refractivity contribution in [2.75, 3.05) is 58.0 Å². The van der Waals surface area contributed by atoms with E-state index in [0.29, 0.717) is 53.7 Å². The van der Waals surface area contributed by atoms with Gasteiger partial charge in [-0.25, -0.2) is 14.4 Å². The second kappa shape index (κ2) is 10.7. The summed E-state index contributed by atoms with van der Waals surface area (Å²) in [7, 11) is 0. The predicted octanol–water partition coefficient (Wildman–Crippen LogP) is 4.04. The standard InChI is InChI=1S/C24H26ClFN4O4/c25-19-11-16(1-2-20(19)26)29-24-23-21(27-15-28-24)12-18(13-22(23)34-17-3-7-32-14-17)33-10-6-30-4-8-31-9-5-30/h1-2,11-13,15,17H,3-10,14H2,(H,27,28,29). The van der Waals surface area contributed by atoms with E-state index in [9.17, 15) is 4.39 Å². The zero-order valence-corrected chi connectivity index (χ0v) is 19.4. The molecule has 1 atom stereocenters. The number of morpholine rings is 1. The third kappa shape index (κ3) is 5.50. The van der Waals surface area contributed by atoms with E-state index in [0.717, 1.165) is 39.3 Å². The van der Waals surface area contributed by atoms with E-state index in [4.69, 9.17) is 30.5 Å². The Bertz CT molecular complexity index is 1140. The quantitative estimate of drug-likeness (QED) is 0.509. The van der Waals surface area contributed by atoms with Gasteiger partial charge in [-0.2, -0.15) is 0 Å². The Morgan fingerprint density at radius 1 is 1.12 bits per heavy atom. The number of halogens is 2.